The lowest BCUT2D eigenvalue weighted by Crippen LogP contribution is -2.28. The maximum absolute atomic E-state index is 11.9. The molecule has 1 fully saturated rings. The molecule has 0 unspecified atom stereocenters. The molecule has 0 radical (unpaired) electrons. The molecule has 2 rings (SSSR count). The molecule has 0 saturated heterocycles. The fourth-order valence-electron chi connectivity index (χ4n) is 2.08. The summed E-state index contributed by atoms with van der Waals surface area (Å²) >= 11 is 0. The number of carbonyl (C=O) groups is 1. The van der Waals surface area contributed by atoms with Crippen molar-refractivity contribution < 1.29 is 23.2 Å². The van der Waals surface area contributed by atoms with E-state index in [-0.39, 0.29) is 16.7 Å². The van der Waals surface area contributed by atoms with Gasteiger partial charge in [-0.05, 0) is 18.9 Å². The Morgan fingerprint density at radius 2 is 2.11 bits per heavy atom. The minimum atomic E-state index is -3.84. The Kier molecular flexibility index (Phi) is 3.93. The molecule has 0 aliphatic heterocycles. The standard InChI is InChI=1S/C11H16N2O5S/c1-13-7-9(6-10(13)11(14)15)19(16,17)12-18-8-4-2-3-5-8/h6-8,12H,2-5H2,1H3,(H,14,15). The maximum atomic E-state index is 11.9. The number of nitrogens with zero attached hydrogens (tertiary/aromatic N) is 1. The summed E-state index contributed by atoms with van der Waals surface area (Å²) in [6.45, 7) is 0. The zero-order valence-corrected chi connectivity index (χ0v) is 11.3. The van der Waals surface area contributed by atoms with Gasteiger partial charge in [-0.3, -0.25) is 4.84 Å². The highest BCUT2D eigenvalue weighted by atomic mass is 32.2. The molecule has 1 saturated carbocycles. The lowest BCUT2D eigenvalue weighted by Gasteiger charge is -2.10. The van der Waals surface area contributed by atoms with E-state index in [0.29, 0.717) is 0 Å². The summed E-state index contributed by atoms with van der Waals surface area (Å²) in [5, 5.41) is 8.88. The van der Waals surface area contributed by atoms with Crippen LogP contribution in [0.5, 0.6) is 0 Å². The minimum Gasteiger partial charge on any atom is -0.477 e. The molecule has 1 heterocycles. The number of nitrogens with one attached hydrogen (secondary N) is 1. The molecule has 1 aliphatic rings. The molecule has 7 nitrogen and oxygen atoms in total. The van der Waals surface area contributed by atoms with Crippen molar-refractivity contribution in [3.05, 3.63) is 18.0 Å². The number of sulfonamides is 1. The first kappa shape index (κ1) is 14.0. The molecule has 0 amide bonds. The summed E-state index contributed by atoms with van der Waals surface area (Å²) in [6.07, 6.45) is 4.86. The number of aryl methyl sites for hydroxylation is 1. The number of carboxylic acid groups (broad SMARTS) is 1. The third kappa shape index (κ3) is 3.14. The first-order chi connectivity index (χ1) is 8.90. The van der Waals surface area contributed by atoms with Crippen molar-refractivity contribution in [2.45, 2.75) is 36.7 Å². The van der Waals surface area contributed by atoms with Crippen molar-refractivity contribution >= 4 is 16.0 Å². The summed E-state index contributed by atoms with van der Waals surface area (Å²) in [5.74, 6) is -1.18. The molecule has 0 spiro atoms. The molecule has 0 atom stereocenters. The van der Waals surface area contributed by atoms with E-state index in [1.54, 1.807) is 0 Å². The van der Waals surface area contributed by atoms with Crippen LogP contribution in [0.25, 0.3) is 0 Å². The molecule has 19 heavy (non-hydrogen) atoms. The van der Waals surface area contributed by atoms with Gasteiger partial charge in [0.1, 0.15) is 10.6 Å². The van der Waals surface area contributed by atoms with Crippen molar-refractivity contribution in [2.24, 2.45) is 7.05 Å². The second-order valence-corrected chi connectivity index (χ2v) is 6.23. The topological polar surface area (TPSA) is 97.6 Å². The van der Waals surface area contributed by atoms with E-state index >= 15 is 0 Å². The van der Waals surface area contributed by atoms with Gasteiger partial charge in [-0.15, -0.1) is 0 Å². The van der Waals surface area contributed by atoms with Gasteiger partial charge in [0.15, 0.2) is 0 Å². The fraction of sp³-hybridized carbons (Fsp3) is 0.545. The highest BCUT2D eigenvalue weighted by Gasteiger charge is 2.23. The van der Waals surface area contributed by atoms with E-state index in [1.807, 2.05) is 0 Å². The van der Waals surface area contributed by atoms with Gasteiger partial charge in [-0.25, -0.2) is 13.2 Å². The van der Waals surface area contributed by atoms with Gasteiger partial charge in [0.2, 0.25) is 0 Å². The van der Waals surface area contributed by atoms with E-state index < -0.39 is 16.0 Å². The molecule has 0 aromatic carbocycles. The summed E-state index contributed by atoms with van der Waals surface area (Å²) in [7, 11) is -2.37. The molecule has 8 heteroatoms. The quantitative estimate of drug-likeness (QED) is 0.784. The first-order valence-electron chi connectivity index (χ1n) is 5.97. The first-order valence-corrected chi connectivity index (χ1v) is 7.45. The van der Waals surface area contributed by atoms with Crippen LogP contribution in [0.15, 0.2) is 17.2 Å². The van der Waals surface area contributed by atoms with Gasteiger partial charge in [0.25, 0.3) is 10.0 Å². The summed E-state index contributed by atoms with van der Waals surface area (Å²) in [6, 6.07) is 1.10. The second kappa shape index (κ2) is 5.32. The predicted molar refractivity (Wildman–Crippen MR) is 66.0 cm³/mol. The molecule has 0 bridgehead atoms. The number of hydrogen-bond acceptors (Lipinski definition) is 4. The smallest absolute Gasteiger partial charge is 0.352 e. The van der Waals surface area contributed by atoms with Crippen LogP contribution in [0.2, 0.25) is 0 Å². The van der Waals surface area contributed by atoms with E-state index in [4.69, 9.17) is 9.94 Å². The Labute approximate surface area is 111 Å². The van der Waals surface area contributed by atoms with Crippen molar-refractivity contribution in [2.75, 3.05) is 0 Å². The number of hydrogen-bond donors (Lipinski definition) is 2. The van der Waals surface area contributed by atoms with Gasteiger partial charge in [0.05, 0.1) is 6.10 Å². The van der Waals surface area contributed by atoms with Crippen LogP contribution < -0.4 is 4.89 Å². The van der Waals surface area contributed by atoms with E-state index in [0.717, 1.165) is 31.7 Å². The van der Waals surface area contributed by atoms with Gasteiger partial charge in [0, 0.05) is 13.2 Å². The summed E-state index contributed by atoms with van der Waals surface area (Å²) in [4.78, 5) is 17.9. The van der Waals surface area contributed by atoms with Gasteiger partial charge in [-0.1, -0.05) is 17.7 Å². The summed E-state index contributed by atoms with van der Waals surface area (Å²) < 4.78 is 25.1. The highest BCUT2D eigenvalue weighted by Crippen LogP contribution is 2.21. The Hall–Kier alpha value is -1.38. The molecule has 2 N–H and O–H groups in total. The largest absolute Gasteiger partial charge is 0.477 e. The molecular weight excluding hydrogens is 272 g/mol. The fourth-order valence-corrected chi connectivity index (χ4v) is 3.00. The van der Waals surface area contributed by atoms with E-state index in [2.05, 4.69) is 4.89 Å². The minimum absolute atomic E-state index is 0.0961. The SMILES string of the molecule is Cn1cc(S(=O)(=O)NOC2CCCC2)cc1C(=O)O. The Morgan fingerprint density at radius 1 is 1.47 bits per heavy atom. The average Bonchev–Trinajstić information content (AvgIpc) is 2.95. The van der Waals surface area contributed by atoms with Crippen LogP contribution in [0, 0.1) is 0 Å². The Morgan fingerprint density at radius 3 is 2.63 bits per heavy atom. The highest BCUT2D eigenvalue weighted by molar-refractivity contribution is 7.89. The van der Waals surface area contributed by atoms with Crippen molar-refractivity contribution in [1.82, 2.24) is 9.45 Å². The van der Waals surface area contributed by atoms with Crippen molar-refractivity contribution in [1.29, 1.82) is 0 Å². The molecule has 1 aliphatic carbocycles. The molecule has 106 valence electrons. The monoisotopic (exact) mass is 288 g/mol. The lowest BCUT2D eigenvalue weighted by molar-refractivity contribution is 0.0223. The zero-order chi connectivity index (χ0) is 14.0. The van der Waals surface area contributed by atoms with E-state index in [1.165, 1.54) is 17.8 Å². The maximum Gasteiger partial charge on any atom is 0.352 e. The summed E-state index contributed by atoms with van der Waals surface area (Å²) in [5.41, 5.74) is -0.0961. The average molecular weight is 288 g/mol. The van der Waals surface area contributed by atoms with Gasteiger partial charge < -0.3 is 9.67 Å². The number of aromatic nitrogens is 1. The van der Waals surface area contributed by atoms with Crippen LogP contribution >= 0.6 is 0 Å². The van der Waals surface area contributed by atoms with E-state index in [9.17, 15) is 13.2 Å². The third-order valence-corrected chi connectivity index (χ3v) is 4.30. The van der Waals surface area contributed by atoms with Crippen LogP contribution in [-0.4, -0.2) is 30.2 Å². The number of aromatic carboxylic acids is 1. The number of carboxylic acids is 1. The Bertz CT molecular complexity index is 572. The van der Waals surface area contributed by atoms with Crippen LogP contribution in [0.1, 0.15) is 36.2 Å². The lowest BCUT2D eigenvalue weighted by atomic mass is 10.3. The van der Waals surface area contributed by atoms with Crippen LogP contribution in [0.4, 0.5) is 0 Å². The predicted octanol–water partition coefficient (Wildman–Crippen LogP) is 0.876. The third-order valence-electron chi connectivity index (χ3n) is 3.14. The second-order valence-electron chi connectivity index (χ2n) is 4.59. The molecular formula is C11H16N2O5S. The van der Waals surface area contributed by atoms with Crippen molar-refractivity contribution in [3.63, 3.8) is 0 Å². The van der Waals surface area contributed by atoms with Gasteiger partial charge in [-0.2, -0.15) is 0 Å². The van der Waals surface area contributed by atoms with Gasteiger partial charge >= 0.3 is 5.97 Å². The molecule has 1 aromatic heterocycles. The normalized spacial score (nSPS) is 16.9. The Balaban J connectivity index is 2.10. The molecule has 1 aromatic rings. The zero-order valence-electron chi connectivity index (χ0n) is 10.5. The van der Waals surface area contributed by atoms with Crippen molar-refractivity contribution in [3.8, 4) is 0 Å². The van der Waals surface area contributed by atoms with Crippen LogP contribution in [0.3, 0.4) is 0 Å². The number of rotatable bonds is 5. The van der Waals surface area contributed by atoms with Crippen LogP contribution in [-0.2, 0) is 21.9 Å².